The van der Waals surface area contributed by atoms with Gasteiger partial charge in [0.15, 0.2) is 11.6 Å². The van der Waals surface area contributed by atoms with Crippen molar-refractivity contribution in [3.05, 3.63) is 52.6 Å². The zero-order chi connectivity index (χ0) is 16.8. The van der Waals surface area contributed by atoms with E-state index in [2.05, 4.69) is 50.3 Å². The molecule has 2 N–H and O–H groups in total. The molecule has 0 aliphatic heterocycles. The number of aromatic nitrogens is 3. The average molecular weight is 342 g/mol. The van der Waals surface area contributed by atoms with Crippen molar-refractivity contribution in [1.82, 2.24) is 25.2 Å². The van der Waals surface area contributed by atoms with Gasteiger partial charge >= 0.3 is 0 Å². The number of fused-ring (bicyclic) bond motifs is 1. The highest BCUT2D eigenvalue weighted by molar-refractivity contribution is 7.10. The first kappa shape index (κ1) is 16.4. The summed E-state index contributed by atoms with van der Waals surface area (Å²) >= 11 is 1.79. The molecule has 6 nitrogen and oxygen atoms in total. The first-order chi connectivity index (χ1) is 11.8. The van der Waals surface area contributed by atoms with Crippen LogP contribution >= 0.6 is 11.3 Å². The zero-order valence-electron chi connectivity index (χ0n) is 13.9. The topological polar surface area (TPSA) is 66.6 Å². The predicted molar refractivity (Wildman–Crippen MR) is 98.8 cm³/mol. The van der Waals surface area contributed by atoms with Gasteiger partial charge in [-0.1, -0.05) is 19.1 Å². The fourth-order valence-corrected chi connectivity index (χ4v) is 3.28. The molecule has 3 rings (SSSR count). The van der Waals surface area contributed by atoms with Crippen LogP contribution in [0.2, 0.25) is 0 Å². The number of nitrogens with one attached hydrogen (secondary N) is 2. The molecule has 3 aromatic heterocycles. The Morgan fingerprint density at radius 3 is 2.96 bits per heavy atom. The first-order valence-electron chi connectivity index (χ1n) is 8.04. The van der Waals surface area contributed by atoms with E-state index in [9.17, 15) is 0 Å². The summed E-state index contributed by atoms with van der Waals surface area (Å²) in [6.07, 6.45) is 2.77. The van der Waals surface area contributed by atoms with Gasteiger partial charge in [-0.15, -0.1) is 21.5 Å². The lowest BCUT2D eigenvalue weighted by atomic mass is 10.1. The quantitative estimate of drug-likeness (QED) is 0.533. The second-order valence-electron chi connectivity index (χ2n) is 5.59. The average Bonchev–Trinajstić information content (AvgIpc) is 3.28. The number of hydrogen-bond donors (Lipinski definition) is 2. The third kappa shape index (κ3) is 3.91. The summed E-state index contributed by atoms with van der Waals surface area (Å²) in [5.41, 5.74) is 0.875. The molecule has 0 aliphatic rings. The second-order valence-corrected chi connectivity index (χ2v) is 6.57. The molecule has 0 bridgehead atoms. The second kappa shape index (κ2) is 7.92. The van der Waals surface area contributed by atoms with Crippen molar-refractivity contribution in [2.75, 3.05) is 20.1 Å². The molecule has 0 fully saturated rings. The third-order valence-corrected chi connectivity index (χ3v) is 4.96. The molecular weight excluding hydrogens is 320 g/mol. The van der Waals surface area contributed by atoms with E-state index in [0.717, 1.165) is 36.9 Å². The Morgan fingerprint density at radius 1 is 1.25 bits per heavy atom. The fourth-order valence-electron chi connectivity index (χ4n) is 2.50. The van der Waals surface area contributed by atoms with Crippen LogP contribution in [0.15, 0.2) is 46.9 Å². The van der Waals surface area contributed by atoms with Gasteiger partial charge in [0.2, 0.25) is 0 Å². The smallest absolute Gasteiger partial charge is 0.191 e. The number of rotatable bonds is 6. The molecule has 7 heteroatoms. The lowest BCUT2D eigenvalue weighted by Gasteiger charge is -2.15. The van der Waals surface area contributed by atoms with Crippen LogP contribution in [0.5, 0.6) is 0 Å². The molecule has 126 valence electrons. The molecule has 0 radical (unpaired) electrons. The van der Waals surface area contributed by atoms with Crippen molar-refractivity contribution in [1.29, 1.82) is 0 Å². The lowest BCUT2D eigenvalue weighted by Crippen LogP contribution is -2.40. The summed E-state index contributed by atoms with van der Waals surface area (Å²) in [7, 11) is 1.79. The van der Waals surface area contributed by atoms with Crippen LogP contribution in [-0.2, 0) is 6.42 Å². The summed E-state index contributed by atoms with van der Waals surface area (Å²) in [5, 5.41) is 17.2. The molecule has 3 aromatic rings. The highest BCUT2D eigenvalue weighted by Crippen LogP contribution is 2.19. The number of guanidine groups is 1. The van der Waals surface area contributed by atoms with Crippen molar-refractivity contribution in [3.8, 4) is 0 Å². The summed E-state index contributed by atoms with van der Waals surface area (Å²) in [5.74, 6) is 2.22. The minimum Gasteiger partial charge on any atom is -0.356 e. The van der Waals surface area contributed by atoms with Crippen LogP contribution in [0.3, 0.4) is 0 Å². The fraction of sp³-hybridized carbons (Fsp3) is 0.353. The Bertz CT molecular complexity index is 792. The van der Waals surface area contributed by atoms with Crippen molar-refractivity contribution >= 4 is 22.9 Å². The van der Waals surface area contributed by atoms with E-state index < -0.39 is 0 Å². The highest BCUT2D eigenvalue weighted by Gasteiger charge is 2.08. The van der Waals surface area contributed by atoms with Gasteiger partial charge in [0.05, 0.1) is 0 Å². The number of pyridine rings is 1. The molecule has 0 spiro atoms. The maximum Gasteiger partial charge on any atom is 0.191 e. The number of hydrogen-bond acceptors (Lipinski definition) is 4. The van der Waals surface area contributed by atoms with Gasteiger partial charge in [-0.05, 0) is 23.6 Å². The van der Waals surface area contributed by atoms with Gasteiger partial charge in [-0.3, -0.25) is 9.39 Å². The summed E-state index contributed by atoms with van der Waals surface area (Å²) in [4.78, 5) is 5.66. The van der Waals surface area contributed by atoms with Crippen molar-refractivity contribution in [3.63, 3.8) is 0 Å². The molecule has 0 saturated heterocycles. The number of thiophene rings is 1. The van der Waals surface area contributed by atoms with Crippen LogP contribution in [0.25, 0.3) is 5.65 Å². The monoisotopic (exact) mass is 342 g/mol. The van der Waals surface area contributed by atoms with E-state index in [0.29, 0.717) is 5.92 Å². The number of nitrogens with zero attached hydrogens (tertiary/aromatic N) is 4. The first-order valence-corrected chi connectivity index (χ1v) is 8.92. The molecule has 1 atom stereocenters. The van der Waals surface area contributed by atoms with E-state index >= 15 is 0 Å². The van der Waals surface area contributed by atoms with Crippen LogP contribution in [0.1, 0.15) is 23.5 Å². The van der Waals surface area contributed by atoms with Gasteiger partial charge in [0.1, 0.15) is 5.82 Å². The molecule has 24 heavy (non-hydrogen) atoms. The largest absolute Gasteiger partial charge is 0.356 e. The SMILES string of the molecule is CN=C(NCCc1nnc2ccccn12)NCC(C)c1cccs1. The Morgan fingerprint density at radius 2 is 2.17 bits per heavy atom. The van der Waals surface area contributed by atoms with Crippen LogP contribution in [0.4, 0.5) is 0 Å². The van der Waals surface area contributed by atoms with E-state index in [-0.39, 0.29) is 0 Å². The Labute approximate surface area is 145 Å². The normalized spacial score (nSPS) is 13.2. The van der Waals surface area contributed by atoms with Gasteiger partial charge in [0.25, 0.3) is 0 Å². The van der Waals surface area contributed by atoms with Crippen molar-refractivity contribution < 1.29 is 0 Å². The van der Waals surface area contributed by atoms with Gasteiger partial charge in [-0.25, -0.2) is 0 Å². The third-order valence-electron chi connectivity index (χ3n) is 3.85. The summed E-state index contributed by atoms with van der Waals surface area (Å²) < 4.78 is 2.01. The molecule has 1 unspecified atom stereocenters. The highest BCUT2D eigenvalue weighted by atomic mass is 32.1. The number of aliphatic imine (C=N–C) groups is 1. The summed E-state index contributed by atoms with van der Waals surface area (Å²) in [6.45, 7) is 3.82. The molecule has 3 heterocycles. The Hall–Kier alpha value is -2.41. The van der Waals surface area contributed by atoms with Crippen LogP contribution in [-0.4, -0.2) is 40.7 Å². The van der Waals surface area contributed by atoms with Gasteiger partial charge in [0, 0.05) is 43.5 Å². The minimum absolute atomic E-state index is 0.462. The Kier molecular flexibility index (Phi) is 5.43. The van der Waals surface area contributed by atoms with Gasteiger partial charge in [-0.2, -0.15) is 0 Å². The Balaban J connectivity index is 1.48. The lowest BCUT2D eigenvalue weighted by molar-refractivity contribution is 0.701. The summed E-state index contributed by atoms with van der Waals surface area (Å²) in [6, 6.07) is 10.2. The molecule has 0 aliphatic carbocycles. The van der Waals surface area contributed by atoms with E-state index in [1.807, 2.05) is 28.8 Å². The van der Waals surface area contributed by atoms with Gasteiger partial charge < -0.3 is 10.6 Å². The predicted octanol–water partition coefficient (Wildman–Crippen LogP) is 2.30. The van der Waals surface area contributed by atoms with Crippen LogP contribution in [0, 0.1) is 0 Å². The maximum atomic E-state index is 4.28. The van der Waals surface area contributed by atoms with E-state index in [1.165, 1.54) is 4.88 Å². The van der Waals surface area contributed by atoms with Crippen LogP contribution < -0.4 is 10.6 Å². The zero-order valence-corrected chi connectivity index (χ0v) is 14.8. The molecule has 0 aromatic carbocycles. The van der Waals surface area contributed by atoms with E-state index in [1.54, 1.807) is 18.4 Å². The van der Waals surface area contributed by atoms with E-state index in [4.69, 9.17) is 0 Å². The minimum atomic E-state index is 0.462. The van der Waals surface area contributed by atoms with Crippen molar-refractivity contribution in [2.45, 2.75) is 19.3 Å². The molecular formula is C17H22N6S. The van der Waals surface area contributed by atoms with Crippen molar-refractivity contribution in [2.24, 2.45) is 4.99 Å². The molecule has 0 amide bonds. The maximum absolute atomic E-state index is 4.28. The standard InChI is InChI=1S/C17H22N6S/c1-13(14-6-5-11-24-14)12-20-17(18-2)19-9-8-16-22-21-15-7-3-4-10-23(15)16/h3-7,10-11,13H,8-9,12H2,1-2H3,(H2,18,19,20). The molecule has 0 saturated carbocycles.